The Kier molecular flexibility index (Phi) is 10.9. The monoisotopic (exact) mass is 687 g/mol. The zero-order chi connectivity index (χ0) is 33.7. The van der Waals surface area contributed by atoms with Gasteiger partial charge in [0.25, 0.3) is 0 Å². The number of carbonyl (C=O) groups excluding carboxylic acids is 1. The van der Waals surface area contributed by atoms with Crippen LogP contribution in [-0.4, -0.2) is 96.3 Å². The lowest BCUT2D eigenvalue weighted by atomic mass is 9.88. The number of hydrogen-bond donors (Lipinski definition) is 3. The van der Waals surface area contributed by atoms with E-state index in [-0.39, 0.29) is 41.4 Å². The van der Waals surface area contributed by atoms with E-state index in [2.05, 4.69) is 10.6 Å². The molecule has 12 nitrogen and oxygen atoms in total. The molecule has 3 N–H and O–H groups in total. The van der Waals surface area contributed by atoms with Crippen LogP contribution in [0.5, 0.6) is 5.75 Å². The molecule has 0 aromatic heterocycles. The standard InChI is InChI=1S/C33H41N3O9S2/c1-34-20-24-9-11-25(12-10-24)26-5-3-8-31(17-26)47(41,42)36-15-13-33(14-16-36)19-27(21-45-33)35-32(38)44-23-28(37)22-43-29-6-4-7-30(18-29)46(2,39)40/h3-12,17-18,27-28,34,37H,13-16,19-23H2,1-2H3,(H,35,38)/t27?,28-/m0/s1. The van der Waals surface area contributed by atoms with Crippen molar-refractivity contribution in [3.63, 3.8) is 0 Å². The van der Waals surface area contributed by atoms with E-state index >= 15 is 0 Å². The molecular weight excluding hydrogens is 647 g/mol. The number of amides is 1. The molecule has 0 radical (unpaired) electrons. The molecule has 1 unspecified atom stereocenters. The average molecular weight is 688 g/mol. The Morgan fingerprint density at radius 1 is 0.979 bits per heavy atom. The minimum atomic E-state index is -3.72. The second-order valence-electron chi connectivity index (χ2n) is 12.0. The number of benzene rings is 3. The number of piperidine rings is 1. The molecule has 2 heterocycles. The van der Waals surface area contributed by atoms with Crippen molar-refractivity contribution in [2.45, 2.75) is 53.3 Å². The van der Waals surface area contributed by atoms with Gasteiger partial charge in [-0.25, -0.2) is 21.6 Å². The number of aliphatic hydroxyl groups excluding tert-OH is 1. The van der Waals surface area contributed by atoms with Gasteiger partial charge in [0, 0.05) is 25.9 Å². The zero-order valence-electron chi connectivity index (χ0n) is 26.4. The normalized spacial score (nSPS) is 18.9. The summed E-state index contributed by atoms with van der Waals surface area (Å²) in [6.45, 7) is 1.07. The molecule has 1 spiro atoms. The molecule has 0 bridgehead atoms. The van der Waals surface area contributed by atoms with Gasteiger partial charge < -0.3 is 30.0 Å². The summed E-state index contributed by atoms with van der Waals surface area (Å²) < 4.78 is 68.8. The molecule has 2 saturated heterocycles. The molecule has 0 aliphatic carbocycles. The van der Waals surface area contributed by atoms with E-state index in [1.54, 1.807) is 24.3 Å². The molecule has 2 fully saturated rings. The first kappa shape index (κ1) is 34.8. The maximum absolute atomic E-state index is 13.6. The van der Waals surface area contributed by atoms with Gasteiger partial charge >= 0.3 is 6.09 Å². The Balaban J connectivity index is 1.07. The van der Waals surface area contributed by atoms with E-state index in [1.807, 2.05) is 37.4 Å². The van der Waals surface area contributed by atoms with Crippen LogP contribution < -0.4 is 15.4 Å². The van der Waals surface area contributed by atoms with Crippen LogP contribution in [0.15, 0.2) is 82.6 Å². The van der Waals surface area contributed by atoms with Gasteiger partial charge in [-0.3, -0.25) is 0 Å². The number of sulfone groups is 1. The Bertz CT molecular complexity index is 1760. The van der Waals surface area contributed by atoms with Crippen molar-refractivity contribution in [2.24, 2.45) is 0 Å². The summed E-state index contributed by atoms with van der Waals surface area (Å²) in [4.78, 5) is 12.8. The lowest BCUT2D eigenvalue weighted by Crippen LogP contribution is -2.47. The van der Waals surface area contributed by atoms with Crippen LogP contribution in [0.2, 0.25) is 0 Å². The van der Waals surface area contributed by atoms with Crippen molar-refractivity contribution < 1.29 is 40.9 Å². The molecule has 0 saturated carbocycles. The topological polar surface area (TPSA) is 161 Å². The van der Waals surface area contributed by atoms with Crippen molar-refractivity contribution >= 4 is 26.0 Å². The molecule has 2 aliphatic rings. The summed E-state index contributed by atoms with van der Waals surface area (Å²) in [5.41, 5.74) is 2.36. The summed E-state index contributed by atoms with van der Waals surface area (Å²) >= 11 is 0. The number of carbonyl (C=O) groups is 1. The van der Waals surface area contributed by atoms with E-state index in [9.17, 15) is 26.7 Å². The highest BCUT2D eigenvalue weighted by atomic mass is 32.2. The molecule has 47 heavy (non-hydrogen) atoms. The number of aliphatic hydroxyl groups is 1. The van der Waals surface area contributed by atoms with Crippen LogP contribution in [0.4, 0.5) is 4.79 Å². The quantitative estimate of drug-likeness (QED) is 0.258. The van der Waals surface area contributed by atoms with Gasteiger partial charge in [-0.05, 0) is 73.3 Å². The molecule has 3 aromatic rings. The first-order chi connectivity index (χ1) is 22.4. The summed E-state index contributed by atoms with van der Waals surface area (Å²) in [7, 11) is -5.23. The zero-order valence-corrected chi connectivity index (χ0v) is 28.1. The highest BCUT2D eigenvalue weighted by molar-refractivity contribution is 7.90. The molecule has 14 heteroatoms. The van der Waals surface area contributed by atoms with Gasteiger partial charge in [0.1, 0.15) is 25.1 Å². The average Bonchev–Trinajstić information content (AvgIpc) is 3.44. The van der Waals surface area contributed by atoms with E-state index in [4.69, 9.17) is 14.2 Å². The first-order valence-electron chi connectivity index (χ1n) is 15.4. The molecule has 2 atom stereocenters. The van der Waals surface area contributed by atoms with Crippen LogP contribution >= 0.6 is 0 Å². The predicted molar refractivity (Wildman–Crippen MR) is 175 cm³/mol. The van der Waals surface area contributed by atoms with Gasteiger partial charge in [-0.2, -0.15) is 4.31 Å². The number of alkyl carbamates (subject to hydrolysis) is 1. The molecule has 2 aliphatic heterocycles. The predicted octanol–water partition coefficient (Wildman–Crippen LogP) is 2.95. The molecule has 1 amide bonds. The summed E-state index contributed by atoms with van der Waals surface area (Å²) in [6, 6.07) is 20.6. The fourth-order valence-electron chi connectivity index (χ4n) is 5.84. The van der Waals surface area contributed by atoms with E-state index in [0.717, 1.165) is 29.5 Å². The molecule has 3 aromatic carbocycles. The lowest BCUT2D eigenvalue weighted by Gasteiger charge is -2.38. The Labute approximate surface area is 276 Å². The number of ether oxygens (including phenoxy) is 3. The summed E-state index contributed by atoms with van der Waals surface area (Å²) in [5, 5.41) is 16.1. The van der Waals surface area contributed by atoms with E-state index in [1.165, 1.54) is 22.5 Å². The van der Waals surface area contributed by atoms with Gasteiger partial charge in [-0.15, -0.1) is 0 Å². The van der Waals surface area contributed by atoms with Gasteiger partial charge in [0.05, 0.1) is 28.0 Å². The number of nitrogens with zero attached hydrogens (tertiary/aromatic N) is 1. The highest BCUT2D eigenvalue weighted by Crippen LogP contribution is 2.37. The SMILES string of the molecule is CNCc1ccc(-c2cccc(S(=O)(=O)N3CCC4(CC3)CC(NC(=O)OC[C@@H](O)COc3cccc(S(C)(=O)=O)c3)CO4)c2)cc1. The Morgan fingerprint density at radius 2 is 1.68 bits per heavy atom. The second-order valence-corrected chi connectivity index (χ2v) is 16.0. The van der Waals surface area contributed by atoms with Crippen LogP contribution in [0.25, 0.3) is 11.1 Å². The number of sulfonamides is 1. The summed E-state index contributed by atoms with van der Waals surface area (Å²) in [6.07, 6.45) is 0.726. The van der Waals surface area contributed by atoms with E-state index < -0.39 is 37.7 Å². The van der Waals surface area contributed by atoms with Crippen LogP contribution in [0.3, 0.4) is 0 Å². The third-order valence-corrected chi connectivity index (χ3v) is 11.4. The maximum atomic E-state index is 13.6. The third kappa shape index (κ3) is 8.89. The fourth-order valence-corrected chi connectivity index (χ4v) is 7.98. The molecular formula is C33H41N3O9S2. The van der Waals surface area contributed by atoms with Crippen LogP contribution in [0.1, 0.15) is 24.8 Å². The first-order valence-corrected chi connectivity index (χ1v) is 18.7. The fraction of sp³-hybridized carbons (Fsp3) is 0.424. The van der Waals surface area contributed by atoms with Crippen LogP contribution in [0, 0.1) is 0 Å². The van der Waals surface area contributed by atoms with Crippen molar-refractivity contribution in [3.05, 3.63) is 78.4 Å². The van der Waals surface area contributed by atoms with Gasteiger partial charge in [-0.1, -0.05) is 42.5 Å². The van der Waals surface area contributed by atoms with Crippen molar-refractivity contribution in [1.82, 2.24) is 14.9 Å². The minimum Gasteiger partial charge on any atom is -0.491 e. The van der Waals surface area contributed by atoms with Crippen molar-refractivity contribution in [2.75, 3.05) is 46.2 Å². The summed E-state index contributed by atoms with van der Waals surface area (Å²) in [5.74, 6) is 0.267. The Hall–Kier alpha value is -3.53. The lowest BCUT2D eigenvalue weighted by molar-refractivity contribution is -0.0312. The smallest absolute Gasteiger partial charge is 0.407 e. The molecule has 254 valence electrons. The van der Waals surface area contributed by atoms with Gasteiger partial charge in [0.15, 0.2) is 9.84 Å². The van der Waals surface area contributed by atoms with Crippen LogP contribution in [-0.2, 0) is 35.9 Å². The van der Waals surface area contributed by atoms with Crippen molar-refractivity contribution in [1.29, 1.82) is 0 Å². The third-order valence-electron chi connectivity index (χ3n) is 8.39. The van der Waals surface area contributed by atoms with Gasteiger partial charge in [0.2, 0.25) is 10.0 Å². The molecule has 5 rings (SSSR count). The number of hydrogen-bond acceptors (Lipinski definition) is 10. The number of nitrogens with one attached hydrogen (secondary N) is 2. The van der Waals surface area contributed by atoms with Crippen molar-refractivity contribution in [3.8, 4) is 16.9 Å². The minimum absolute atomic E-state index is 0.0941. The largest absolute Gasteiger partial charge is 0.491 e. The Morgan fingerprint density at radius 3 is 2.38 bits per heavy atom. The second kappa shape index (κ2) is 14.7. The van der Waals surface area contributed by atoms with E-state index in [0.29, 0.717) is 32.4 Å². The maximum Gasteiger partial charge on any atom is 0.407 e. The highest BCUT2D eigenvalue weighted by Gasteiger charge is 2.45. The number of rotatable bonds is 12.